The number of carbonyl (C=O) groups excluding carboxylic acids is 1. The van der Waals surface area contributed by atoms with Gasteiger partial charge in [-0.1, -0.05) is 18.2 Å². The maximum Gasteiger partial charge on any atom is 1.00 e. The molecule has 4 N–H and O–H groups in total. The van der Waals surface area contributed by atoms with Gasteiger partial charge in [-0.25, -0.2) is 25.3 Å². The summed E-state index contributed by atoms with van der Waals surface area (Å²) in [5, 5.41) is 52.9. The predicted octanol–water partition coefficient (Wildman–Crippen LogP) is -8.34. The van der Waals surface area contributed by atoms with Crippen molar-refractivity contribution in [2.75, 3.05) is 28.3 Å². The first-order chi connectivity index (χ1) is 30.9. The molecule has 0 saturated heterocycles. The van der Waals surface area contributed by atoms with Crippen molar-refractivity contribution in [3.8, 4) is 5.75 Å². The Kier molecular flexibility index (Phi) is 26.0. The first kappa shape index (κ1) is 63.1. The summed E-state index contributed by atoms with van der Waals surface area (Å²) < 4.78 is 126. The predicted molar refractivity (Wildman–Crippen MR) is 215 cm³/mol. The number of phenolic OH excluding ortho intramolecular Hbond substituents is 1. The topological polar surface area (TPSA) is 378 Å². The second-order valence-corrected chi connectivity index (χ2v) is 18.4. The minimum atomic E-state index is -5.37. The molecule has 1 aromatic heterocycles. The molecule has 0 fully saturated rings. The molecule has 0 bridgehead atoms. The fraction of sp³-hybridized carbons (Fsp3) is 0.0588. The molecule has 69 heavy (non-hydrogen) atoms. The van der Waals surface area contributed by atoms with E-state index in [2.05, 4.69) is 59.9 Å². The van der Waals surface area contributed by atoms with Gasteiger partial charge in [-0.2, -0.15) is 23.7 Å². The van der Waals surface area contributed by atoms with Crippen LogP contribution in [0.15, 0.2) is 121 Å². The van der Waals surface area contributed by atoms with Crippen molar-refractivity contribution in [3.63, 3.8) is 0 Å². The van der Waals surface area contributed by atoms with Crippen LogP contribution in [-0.4, -0.2) is 72.7 Å². The number of fused-ring (bicyclic) bond motifs is 1. The Hall–Kier alpha value is -2.04. The number of aromatic hydroxyl groups is 1. The van der Waals surface area contributed by atoms with Crippen LogP contribution >= 0.6 is 24.4 Å². The average Bonchev–Trinajstić information content (AvgIpc) is 3.25. The Morgan fingerprint density at radius 3 is 2.04 bits per heavy atom. The van der Waals surface area contributed by atoms with Gasteiger partial charge in [0.2, 0.25) is 11.9 Å². The quantitative estimate of drug-likeness (QED) is 0.0105. The Labute approximate surface area is 487 Å². The smallest absolute Gasteiger partial charge is 0.744 e. The minimum Gasteiger partial charge on any atom is -0.744 e. The number of sulfone groups is 1. The van der Waals surface area contributed by atoms with E-state index in [0.717, 1.165) is 30.3 Å². The van der Waals surface area contributed by atoms with Crippen molar-refractivity contribution in [2.45, 2.75) is 19.6 Å². The molecule has 0 unspecified atom stereocenters. The van der Waals surface area contributed by atoms with E-state index in [0.29, 0.717) is 0 Å². The van der Waals surface area contributed by atoms with Crippen molar-refractivity contribution in [2.24, 2.45) is 10.2 Å². The van der Waals surface area contributed by atoms with Crippen molar-refractivity contribution in [1.82, 2.24) is 15.0 Å². The summed E-state index contributed by atoms with van der Waals surface area (Å²) in [4.78, 5) is 21.9. The van der Waals surface area contributed by atoms with Gasteiger partial charge < -0.3 is 40.7 Å². The SMILES string of the molecule is O=C(Nc1cccc(S(=O)(=O)CCOSOO[O-])c1)c1ccc(Nc2nc(F)nc(Nc3cc4c(O)c(N=Nc5ccccc5S(=O)(=O)[O-])c(SOO[O-])cc4cc3S(=O)(=O)[O-])n2)cc1.[Na+].[Na+].[Na+].[Na+]. The van der Waals surface area contributed by atoms with Gasteiger partial charge in [0, 0.05) is 22.3 Å². The van der Waals surface area contributed by atoms with Crippen molar-refractivity contribution >= 4 is 111 Å². The number of rotatable bonds is 20. The normalized spacial score (nSPS) is 11.4. The molecule has 0 radical (unpaired) electrons. The molecule has 0 aliphatic rings. The van der Waals surface area contributed by atoms with Gasteiger partial charge >= 0.3 is 124 Å². The van der Waals surface area contributed by atoms with Crippen LogP contribution in [0.3, 0.4) is 0 Å². The van der Waals surface area contributed by atoms with Gasteiger partial charge in [0.05, 0.1) is 49.7 Å². The van der Waals surface area contributed by atoms with Crippen molar-refractivity contribution in [1.29, 1.82) is 0 Å². The van der Waals surface area contributed by atoms with E-state index in [9.17, 15) is 59.2 Å². The molecular formula is C34H23FN8Na4O17S5. The van der Waals surface area contributed by atoms with E-state index in [1.54, 1.807) is 0 Å². The van der Waals surface area contributed by atoms with Gasteiger partial charge in [0.15, 0.2) is 27.9 Å². The number of azo groups is 1. The number of nitrogens with zero attached hydrogens (tertiary/aromatic N) is 5. The molecule has 1 heterocycles. The monoisotopic (exact) mass is 1090 g/mol. The summed E-state index contributed by atoms with van der Waals surface area (Å²) in [5.41, 5.74) is -1.18. The van der Waals surface area contributed by atoms with Gasteiger partial charge in [-0.15, -0.1) is 14.6 Å². The molecule has 0 spiro atoms. The van der Waals surface area contributed by atoms with Crippen LogP contribution in [0.25, 0.3) is 10.8 Å². The van der Waals surface area contributed by atoms with E-state index in [-0.39, 0.29) is 187 Å². The maximum atomic E-state index is 14.8. The minimum absolute atomic E-state index is 0. The largest absolute Gasteiger partial charge is 1.00 e. The van der Waals surface area contributed by atoms with E-state index < -0.39 is 92.3 Å². The van der Waals surface area contributed by atoms with Crippen molar-refractivity contribution in [3.05, 3.63) is 103 Å². The second kappa shape index (κ2) is 28.4. The van der Waals surface area contributed by atoms with E-state index in [4.69, 9.17) is 4.18 Å². The molecule has 0 saturated carbocycles. The summed E-state index contributed by atoms with van der Waals surface area (Å²) in [6, 6.07) is 18.2. The molecule has 6 aromatic rings. The number of nitrogens with one attached hydrogen (secondary N) is 3. The number of phenols is 1. The standard InChI is InChI=1S/C34H27FN8O17S5.4Na/c35-32-39-33(37-20-10-8-18(9-11-20)31(45)36-21-4-3-5-22(16-21)63(48,49)13-12-56-62-60-58-47)41-34(40-32)38-25-17-23-19(15-28(25)65(53,54)55)14-26(61-59-57-46)29(30(23)44)43-42-24-6-1-2-7-27(24)64(50,51)52;;;;/h1-11,14-17,44,46-47H,12-13H2,(H,36,45)(H,50,51,52)(H,53,54,55)(H2,37,38,39,40,41);;;;/q;4*+1/p-4. The number of amides is 1. The third kappa shape index (κ3) is 17.6. The zero-order valence-electron chi connectivity index (χ0n) is 35.7. The third-order valence-corrected chi connectivity index (χ3v) is 12.6. The molecule has 0 aliphatic heterocycles. The molecule has 342 valence electrons. The van der Waals surface area contributed by atoms with Crippen LogP contribution in [0.1, 0.15) is 10.4 Å². The zero-order valence-corrected chi connectivity index (χ0v) is 47.8. The Morgan fingerprint density at radius 1 is 0.739 bits per heavy atom. The average molecular weight is 1090 g/mol. The number of hydrogen-bond donors (Lipinski definition) is 4. The zero-order chi connectivity index (χ0) is 46.9. The molecule has 25 nitrogen and oxygen atoms in total. The third-order valence-electron chi connectivity index (χ3n) is 8.21. The number of anilines is 5. The Bertz CT molecular complexity index is 3140. The van der Waals surface area contributed by atoms with Gasteiger partial charge in [0.1, 0.15) is 31.6 Å². The van der Waals surface area contributed by atoms with E-state index in [1.165, 1.54) is 60.7 Å². The summed E-state index contributed by atoms with van der Waals surface area (Å²) in [6.07, 6.45) is -1.40. The fourth-order valence-electron chi connectivity index (χ4n) is 5.46. The van der Waals surface area contributed by atoms with Crippen LogP contribution in [0, 0.1) is 6.08 Å². The van der Waals surface area contributed by atoms with Gasteiger partial charge in [-0.3, -0.25) is 19.1 Å². The summed E-state index contributed by atoms with van der Waals surface area (Å²) >= 11 is 0.300. The first-order valence-electron chi connectivity index (χ1n) is 17.2. The van der Waals surface area contributed by atoms with Crippen LogP contribution in [0.4, 0.5) is 44.7 Å². The number of halogens is 1. The summed E-state index contributed by atoms with van der Waals surface area (Å²) in [6.45, 7) is -0.357. The van der Waals surface area contributed by atoms with E-state index >= 15 is 0 Å². The molecule has 35 heteroatoms. The molecule has 5 aromatic carbocycles. The van der Waals surface area contributed by atoms with Crippen molar-refractivity contribution < 1.29 is 200 Å². The van der Waals surface area contributed by atoms with Crippen LogP contribution < -0.4 is 145 Å². The van der Waals surface area contributed by atoms with Crippen LogP contribution in [0.5, 0.6) is 5.75 Å². The van der Waals surface area contributed by atoms with E-state index in [1.807, 2.05) is 0 Å². The summed E-state index contributed by atoms with van der Waals surface area (Å²) in [5.74, 6) is -3.10. The molecule has 1 amide bonds. The second-order valence-electron chi connectivity index (χ2n) is 12.3. The summed E-state index contributed by atoms with van der Waals surface area (Å²) in [7, 11) is -14.3. The van der Waals surface area contributed by atoms with Crippen LogP contribution in [-0.2, 0) is 53.0 Å². The Morgan fingerprint density at radius 2 is 1.39 bits per heavy atom. The van der Waals surface area contributed by atoms with Gasteiger partial charge in [0.25, 0.3) is 5.91 Å². The Balaban J connectivity index is 0.00000408. The molecule has 0 atom stereocenters. The maximum absolute atomic E-state index is 14.8. The number of hydrogen-bond acceptors (Lipinski definition) is 26. The number of benzene rings is 5. The van der Waals surface area contributed by atoms with Crippen LogP contribution in [0.2, 0.25) is 0 Å². The fourth-order valence-corrected chi connectivity index (χ4v) is 8.66. The first-order valence-corrected chi connectivity index (χ1v) is 23.1. The van der Waals surface area contributed by atoms with Gasteiger partial charge in [-0.05, 0) is 78.2 Å². The molecule has 6 rings (SSSR count). The molecule has 0 aliphatic carbocycles. The number of aromatic nitrogens is 3. The number of carbonyl (C=O) groups is 1. The molecular weight excluding hydrogens is 1060 g/mol.